The Bertz CT molecular complexity index is 501. The van der Waals surface area contributed by atoms with Gasteiger partial charge in [-0.1, -0.05) is 42.5 Å². The van der Waals surface area contributed by atoms with Crippen molar-refractivity contribution in [3.05, 3.63) is 54.6 Å². The first kappa shape index (κ1) is 12.2. The summed E-state index contributed by atoms with van der Waals surface area (Å²) in [6.07, 6.45) is -0.228. The highest BCUT2D eigenvalue weighted by atomic mass is 16.7. The largest absolute Gasteiger partial charge is 0.488 e. The summed E-state index contributed by atoms with van der Waals surface area (Å²) < 4.78 is 16.3. The third kappa shape index (κ3) is 3.13. The molecule has 0 atom stereocenters. The third-order valence-electron chi connectivity index (χ3n) is 3.04. The van der Waals surface area contributed by atoms with Gasteiger partial charge in [-0.25, -0.2) is 0 Å². The van der Waals surface area contributed by atoms with Crippen LogP contribution >= 0.6 is 0 Å². The molecule has 0 bridgehead atoms. The molecule has 0 unspecified atom stereocenters. The van der Waals surface area contributed by atoms with Crippen LogP contribution in [-0.4, -0.2) is 26.1 Å². The average molecular weight is 256 g/mol. The van der Waals surface area contributed by atoms with Gasteiger partial charge < -0.3 is 14.2 Å². The smallest absolute Gasteiger partial charge is 0.191 e. The van der Waals surface area contributed by atoms with E-state index in [4.69, 9.17) is 14.2 Å². The Hall–Kier alpha value is -1.84. The normalized spacial score (nSPS) is 15.6. The van der Waals surface area contributed by atoms with Crippen molar-refractivity contribution in [3.63, 3.8) is 0 Å². The zero-order valence-electron chi connectivity index (χ0n) is 10.6. The van der Waals surface area contributed by atoms with Gasteiger partial charge in [0.2, 0.25) is 0 Å². The van der Waals surface area contributed by atoms with E-state index in [1.807, 2.05) is 30.3 Å². The lowest BCUT2D eigenvalue weighted by molar-refractivity contribution is -0.0684. The fourth-order valence-corrected chi connectivity index (χ4v) is 2.04. The highest BCUT2D eigenvalue weighted by Crippen LogP contribution is 2.22. The van der Waals surface area contributed by atoms with Crippen LogP contribution in [0.4, 0.5) is 0 Å². The number of benzene rings is 2. The van der Waals surface area contributed by atoms with Crippen molar-refractivity contribution < 1.29 is 14.2 Å². The van der Waals surface area contributed by atoms with Gasteiger partial charge in [-0.15, -0.1) is 0 Å². The average Bonchev–Trinajstić information content (AvgIpc) is 3.00. The summed E-state index contributed by atoms with van der Waals surface area (Å²) in [6, 6.07) is 18.3. The van der Waals surface area contributed by atoms with E-state index in [1.165, 1.54) is 11.1 Å². The van der Waals surface area contributed by atoms with Crippen molar-refractivity contribution in [3.8, 4) is 16.9 Å². The SMILES string of the molecule is c1ccc(-c2ccc(OCC3OCCO3)cc2)cc1. The topological polar surface area (TPSA) is 27.7 Å². The van der Waals surface area contributed by atoms with E-state index in [2.05, 4.69) is 24.3 Å². The predicted octanol–water partition coefficient (Wildman–Crippen LogP) is 3.11. The molecule has 19 heavy (non-hydrogen) atoms. The molecular formula is C16H16O3. The molecular weight excluding hydrogens is 240 g/mol. The molecule has 3 rings (SSSR count). The Kier molecular flexibility index (Phi) is 3.77. The summed E-state index contributed by atoms with van der Waals surface area (Å²) in [5, 5.41) is 0. The second kappa shape index (κ2) is 5.87. The Morgan fingerprint density at radius 2 is 1.47 bits per heavy atom. The molecule has 1 saturated heterocycles. The van der Waals surface area contributed by atoms with Crippen molar-refractivity contribution >= 4 is 0 Å². The first-order valence-corrected chi connectivity index (χ1v) is 6.43. The van der Waals surface area contributed by atoms with Crippen molar-refractivity contribution in [2.24, 2.45) is 0 Å². The molecule has 1 heterocycles. The van der Waals surface area contributed by atoms with Gasteiger partial charge in [0, 0.05) is 0 Å². The highest BCUT2D eigenvalue weighted by molar-refractivity contribution is 5.63. The van der Waals surface area contributed by atoms with E-state index in [1.54, 1.807) is 0 Å². The summed E-state index contributed by atoms with van der Waals surface area (Å²) in [7, 11) is 0. The highest BCUT2D eigenvalue weighted by Gasteiger charge is 2.16. The Morgan fingerprint density at radius 1 is 0.842 bits per heavy atom. The zero-order valence-corrected chi connectivity index (χ0v) is 10.6. The van der Waals surface area contributed by atoms with Gasteiger partial charge in [-0.3, -0.25) is 0 Å². The number of rotatable bonds is 4. The molecule has 0 radical (unpaired) electrons. The summed E-state index contributed by atoms with van der Waals surface area (Å²) in [5.41, 5.74) is 2.39. The van der Waals surface area contributed by atoms with E-state index in [0.29, 0.717) is 19.8 Å². The Labute approximate surface area is 112 Å². The van der Waals surface area contributed by atoms with E-state index in [0.717, 1.165) is 5.75 Å². The molecule has 0 amide bonds. The third-order valence-corrected chi connectivity index (χ3v) is 3.04. The number of ether oxygens (including phenoxy) is 3. The monoisotopic (exact) mass is 256 g/mol. The van der Waals surface area contributed by atoms with E-state index < -0.39 is 0 Å². The lowest BCUT2D eigenvalue weighted by atomic mass is 10.1. The first-order valence-electron chi connectivity index (χ1n) is 6.43. The minimum Gasteiger partial charge on any atom is -0.488 e. The minimum atomic E-state index is -0.228. The van der Waals surface area contributed by atoms with Crippen molar-refractivity contribution in [1.82, 2.24) is 0 Å². The van der Waals surface area contributed by atoms with Gasteiger partial charge in [0.15, 0.2) is 6.29 Å². The molecule has 0 aromatic heterocycles. The molecule has 2 aromatic carbocycles. The summed E-state index contributed by atoms with van der Waals surface area (Å²) in [4.78, 5) is 0. The van der Waals surface area contributed by atoms with Crippen LogP contribution in [0.5, 0.6) is 5.75 Å². The summed E-state index contributed by atoms with van der Waals surface area (Å²) in [5.74, 6) is 0.832. The fourth-order valence-electron chi connectivity index (χ4n) is 2.04. The fraction of sp³-hybridized carbons (Fsp3) is 0.250. The van der Waals surface area contributed by atoms with Gasteiger partial charge >= 0.3 is 0 Å². The maximum atomic E-state index is 5.63. The summed E-state index contributed by atoms with van der Waals surface area (Å²) in [6.45, 7) is 1.74. The molecule has 0 aliphatic carbocycles. The molecule has 1 fully saturated rings. The molecule has 98 valence electrons. The van der Waals surface area contributed by atoms with Gasteiger partial charge in [0.25, 0.3) is 0 Å². The second-order valence-electron chi connectivity index (χ2n) is 4.37. The number of hydrogen-bond acceptors (Lipinski definition) is 3. The van der Waals surface area contributed by atoms with Crippen LogP contribution in [-0.2, 0) is 9.47 Å². The predicted molar refractivity (Wildman–Crippen MR) is 73.1 cm³/mol. The Balaban J connectivity index is 1.62. The van der Waals surface area contributed by atoms with Crippen LogP contribution in [0.2, 0.25) is 0 Å². The first-order chi connectivity index (χ1) is 9.42. The molecule has 3 nitrogen and oxygen atoms in total. The minimum absolute atomic E-state index is 0.228. The maximum Gasteiger partial charge on any atom is 0.191 e. The van der Waals surface area contributed by atoms with Crippen LogP contribution < -0.4 is 4.74 Å². The molecule has 2 aromatic rings. The van der Waals surface area contributed by atoms with E-state index in [9.17, 15) is 0 Å². The lowest BCUT2D eigenvalue weighted by Crippen LogP contribution is -2.18. The number of hydrogen-bond donors (Lipinski definition) is 0. The summed E-state index contributed by atoms with van der Waals surface area (Å²) >= 11 is 0. The van der Waals surface area contributed by atoms with Gasteiger partial charge in [0.1, 0.15) is 12.4 Å². The second-order valence-corrected chi connectivity index (χ2v) is 4.37. The van der Waals surface area contributed by atoms with Gasteiger partial charge in [0.05, 0.1) is 13.2 Å². The quantitative estimate of drug-likeness (QED) is 0.841. The van der Waals surface area contributed by atoms with Crippen LogP contribution in [0.1, 0.15) is 0 Å². The zero-order chi connectivity index (χ0) is 12.9. The van der Waals surface area contributed by atoms with Crippen LogP contribution in [0.25, 0.3) is 11.1 Å². The van der Waals surface area contributed by atoms with Crippen molar-refractivity contribution in [1.29, 1.82) is 0 Å². The van der Waals surface area contributed by atoms with Crippen molar-refractivity contribution in [2.45, 2.75) is 6.29 Å². The lowest BCUT2D eigenvalue weighted by Gasteiger charge is -2.11. The molecule has 3 heteroatoms. The maximum absolute atomic E-state index is 5.63. The Morgan fingerprint density at radius 3 is 2.16 bits per heavy atom. The van der Waals surface area contributed by atoms with E-state index >= 15 is 0 Å². The molecule has 0 N–H and O–H groups in total. The molecule has 1 aliphatic rings. The molecule has 0 saturated carbocycles. The van der Waals surface area contributed by atoms with Crippen LogP contribution in [0.3, 0.4) is 0 Å². The standard InChI is InChI=1S/C16H16O3/c1-2-4-13(5-3-1)14-6-8-15(9-7-14)19-12-16-17-10-11-18-16/h1-9,16H,10-12H2. The van der Waals surface area contributed by atoms with E-state index in [-0.39, 0.29) is 6.29 Å². The van der Waals surface area contributed by atoms with Crippen LogP contribution in [0.15, 0.2) is 54.6 Å². The molecule has 1 aliphatic heterocycles. The van der Waals surface area contributed by atoms with Crippen molar-refractivity contribution in [2.75, 3.05) is 19.8 Å². The van der Waals surface area contributed by atoms with Gasteiger partial charge in [-0.2, -0.15) is 0 Å². The van der Waals surface area contributed by atoms with Gasteiger partial charge in [-0.05, 0) is 23.3 Å². The molecule has 0 spiro atoms. The van der Waals surface area contributed by atoms with Crippen LogP contribution in [0, 0.1) is 0 Å².